The van der Waals surface area contributed by atoms with Crippen molar-refractivity contribution >= 4 is 165 Å². The maximum Gasteiger partial charge on any atom is 0.0967 e. The summed E-state index contributed by atoms with van der Waals surface area (Å²) in [6.45, 7) is 4.50. The van der Waals surface area contributed by atoms with Gasteiger partial charge in [0, 0.05) is 16.8 Å². The number of aryl methyl sites for hydroxylation is 2. The molecule has 0 heterocycles. The molecule has 105 heavy (non-hydrogen) atoms. The largest absolute Gasteiger partial charge is 0.398 e. The summed E-state index contributed by atoms with van der Waals surface area (Å²) in [5.74, 6) is 0. The van der Waals surface area contributed by atoms with Crippen LogP contribution in [0.1, 0.15) is 11.1 Å². The molecular formula is C99H76Cl2NP3. The third-order valence-corrected chi connectivity index (χ3v) is 27.0. The van der Waals surface area contributed by atoms with Gasteiger partial charge in [-0.1, -0.05) is 394 Å². The van der Waals surface area contributed by atoms with E-state index < -0.39 is 23.8 Å². The second kappa shape index (κ2) is 32.9. The van der Waals surface area contributed by atoms with Crippen molar-refractivity contribution in [3.63, 3.8) is 0 Å². The molecule has 0 amide bonds. The quantitative estimate of drug-likeness (QED) is 0.0736. The summed E-state index contributed by atoms with van der Waals surface area (Å²) in [6, 6.07) is 145. The predicted octanol–water partition coefficient (Wildman–Crippen LogP) is 23.9. The van der Waals surface area contributed by atoms with Crippen molar-refractivity contribution in [3.05, 3.63) is 412 Å². The topological polar surface area (TPSA) is 26.0 Å². The summed E-state index contributed by atoms with van der Waals surface area (Å²) < 4.78 is 0. The molecule has 18 rings (SSSR count). The van der Waals surface area contributed by atoms with Crippen LogP contribution in [-0.2, 0) is 0 Å². The zero-order valence-corrected chi connectivity index (χ0v) is 62.7. The van der Waals surface area contributed by atoms with Gasteiger partial charge in [0.15, 0.2) is 0 Å². The average Bonchev–Trinajstić information content (AvgIpc) is 0.755. The molecule has 0 fully saturated rings. The Morgan fingerprint density at radius 1 is 0.200 bits per heavy atom. The third-order valence-electron chi connectivity index (χ3n) is 19.5. The molecule has 0 aliphatic rings. The standard InChI is InChI=1S/2C33H25P.C32H24NP.CH2Cl2/c2*1-24-20-21-25-12-8-10-18-29(25)32(24)33-30-19-11-9-13-26(30)22-23-31(33)34(27-14-4-2-5-15-27)28-16-6-3-7-17-28;33-29-21-19-23-11-7-9-17-27(23)31(29)32-28-18-10-8-12-24(28)20-22-30(32)34(25-13-3-1-4-14-25)26-15-5-2-6-16-26;2-1-3/h2*2-23H,1H3;1-22H,33H2;1H2. The summed E-state index contributed by atoms with van der Waals surface area (Å²) in [7, 11) is -2.25. The molecule has 0 aromatic heterocycles. The molecule has 0 radical (unpaired) electrons. The second-order valence-electron chi connectivity index (χ2n) is 25.9. The monoisotopic (exact) mass is 1440 g/mol. The minimum absolute atomic E-state index is 0.194. The summed E-state index contributed by atoms with van der Waals surface area (Å²) in [5.41, 5.74) is 18.0. The van der Waals surface area contributed by atoms with Crippen LogP contribution in [0.3, 0.4) is 0 Å². The van der Waals surface area contributed by atoms with Gasteiger partial charge in [0.1, 0.15) is 0 Å². The molecule has 0 unspecified atom stereocenters. The minimum Gasteiger partial charge on any atom is -0.398 e. The fourth-order valence-electron chi connectivity index (χ4n) is 14.9. The fraction of sp³-hybridized carbons (Fsp3) is 0.0303. The van der Waals surface area contributed by atoms with E-state index in [-0.39, 0.29) is 5.34 Å². The van der Waals surface area contributed by atoms with Crippen LogP contribution in [0.4, 0.5) is 5.69 Å². The number of benzene rings is 18. The highest BCUT2D eigenvalue weighted by Crippen LogP contribution is 2.47. The average molecular weight is 1440 g/mol. The van der Waals surface area contributed by atoms with E-state index in [4.69, 9.17) is 28.9 Å². The van der Waals surface area contributed by atoms with Crippen LogP contribution < -0.4 is 53.5 Å². The molecule has 506 valence electrons. The smallest absolute Gasteiger partial charge is 0.0967 e. The summed E-state index contributed by atoms with van der Waals surface area (Å²) >= 11 is 9.53. The van der Waals surface area contributed by atoms with Crippen molar-refractivity contribution in [3.8, 4) is 33.4 Å². The van der Waals surface area contributed by atoms with Gasteiger partial charge in [0.25, 0.3) is 0 Å². The number of hydrogen-bond acceptors (Lipinski definition) is 1. The minimum atomic E-state index is -0.787. The van der Waals surface area contributed by atoms with Crippen LogP contribution >= 0.6 is 47.0 Å². The number of alkyl halides is 2. The Morgan fingerprint density at radius 3 is 0.629 bits per heavy atom. The van der Waals surface area contributed by atoms with Gasteiger partial charge in [-0.3, -0.25) is 0 Å². The van der Waals surface area contributed by atoms with Gasteiger partial charge < -0.3 is 5.73 Å². The molecular weight excluding hydrogens is 1370 g/mol. The normalized spacial score (nSPS) is 11.2. The van der Waals surface area contributed by atoms with Crippen LogP contribution in [0, 0.1) is 13.8 Å². The second-order valence-corrected chi connectivity index (χ2v) is 33.2. The Bertz CT molecular complexity index is 5310. The lowest BCUT2D eigenvalue weighted by molar-refractivity contribution is 1.50. The van der Waals surface area contributed by atoms with Crippen LogP contribution in [-0.4, -0.2) is 5.34 Å². The molecule has 2 N–H and O–H groups in total. The lowest BCUT2D eigenvalue weighted by atomic mass is 9.90. The van der Waals surface area contributed by atoms with Gasteiger partial charge >= 0.3 is 0 Å². The summed E-state index contributed by atoms with van der Waals surface area (Å²) in [6.07, 6.45) is 0. The van der Waals surface area contributed by atoms with Crippen LogP contribution in [0.25, 0.3) is 98.0 Å². The highest BCUT2D eigenvalue weighted by molar-refractivity contribution is 7.81. The van der Waals surface area contributed by atoms with Crippen LogP contribution in [0.5, 0.6) is 0 Å². The van der Waals surface area contributed by atoms with Crippen molar-refractivity contribution in [2.24, 2.45) is 0 Å². The Kier molecular flexibility index (Phi) is 21.9. The predicted molar refractivity (Wildman–Crippen MR) is 467 cm³/mol. The van der Waals surface area contributed by atoms with E-state index in [2.05, 4.69) is 414 Å². The third kappa shape index (κ3) is 14.8. The first-order valence-electron chi connectivity index (χ1n) is 35.5. The number of halogens is 2. The van der Waals surface area contributed by atoms with Crippen molar-refractivity contribution in [2.75, 3.05) is 11.1 Å². The molecule has 1 nitrogen and oxygen atoms in total. The SMILES string of the molecule is Cc1ccc2ccccc2c1-c1c(P(c2ccccc2)c2ccccc2)ccc2ccccc12.Cc1ccc2ccccc2c1-c1c(P(c2ccccc2)c2ccccc2)ccc2ccccc12.ClCCl.Nc1ccc2ccccc2c1-c1c(P(c2ccccc2)c2ccccc2)ccc2ccccc12. The van der Waals surface area contributed by atoms with Gasteiger partial charge in [0.05, 0.1) is 5.34 Å². The molecule has 0 atom stereocenters. The molecule has 0 aliphatic carbocycles. The maximum absolute atomic E-state index is 6.76. The van der Waals surface area contributed by atoms with E-state index in [0.717, 1.165) is 11.3 Å². The molecule has 6 heteroatoms. The lowest BCUT2D eigenvalue weighted by Crippen LogP contribution is -2.22. The molecule has 0 saturated carbocycles. The highest BCUT2D eigenvalue weighted by atomic mass is 35.5. The van der Waals surface area contributed by atoms with Crippen LogP contribution in [0.2, 0.25) is 0 Å². The molecule has 18 aromatic carbocycles. The first-order chi connectivity index (χ1) is 51.8. The molecule has 0 saturated heterocycles. The Balaban J connectivity index is 0.000000124. The molecule has 18 aromatic rings. The first-order valence-corrected chi connectivity index (χ1v) is 40.6. The summed E-state index contributed by atoms with van der Waals surface area (Å²) in [4.78, 5) is 0. The number of anilines is 1. The van der Waals surface area contributed by atoms with E-state index in [1.807, 2.05) is 0 Å². The number of nitrogens with two attached hydrogens (primary N) is 1. The zero-order chi connectivity index (χ0) is 71.4. The van der Waals surface area contributed by atoms with Gasteiger partial charge in [-0.25, -0.2) is 0 Å². The van der Waals surface area contributed by atoms with Crippen molar-refractivity contribution in [2.45, 2.75) is 13.8 Å². The van der Waals surface area contributed by atoms with E-state index in [1.54, 1.807) is 0 Å². The fourth-order valence-corrected chi connectivity index (χ4v) is 22.3. The van der Waals surface area contributed by atoms with Crippen LogP contribution in [0.15, 0.2) is 400 Å². The van der Waals surface area contributed by atoms with Crippen molar-refractivity contribution < 1.29 is 0 Å². The van der Waals surface area contributed by atoms with Gasteiger partial charge in [0.2, 0.25) is 0 Å². The number of hydrogen-bond donors (Lipinski definition) is 1. The molecule has 0 spiro atoms. The van der Waals surface area contributed by atoms with E-state index in [0.29, 0.717) is 0 Å². The van der Waals surface area contributed by atoms with Crippen molar-refractivity contribution in [1.82, 2.24) is 0 Å². The van der Waals surface area contributed by atoms with Gasteiger partial charge in [-0.2, -0.15) is 0 Å². The Morgan fingerprint density at radius 2 is 0.381 bits per heavy atom. The van der Waals surface area contributed by atoms with E-state index in [9.17, 15) is 0 Å². The molecule has 0 aliphatic heterocycles. The highest BCUT2D eigenvalue weighted by Gasteiger charge is 2.28. The Labute approximate surface area is 630 Å². The number of rotatable bonds is 12. The Hall–Kier alpha value is -10.8. The van der Waals surface area contributed by atoms with Gasteiger partial charge in [-0.15, -0.1) is 23.2 Å². The maximum atomic E-state index is 6.76. The number of nitrogen functional groups attached to an aromatic ring is 1. The van der Waals surface area contributed by atoms with E-state index in [1.165, 1.54) is 151 Å². The summed E-state index contributed by atoms with van der Waals surface area (Å²) in [5, 5.41) is 27.8. The first kappa shape index (κ1) is 69.9. The van der Waals surface area contributed by atoms with Crippen molar-refractivity contribution in [1.29, 1.82) is 0 Å². The molecule has 0 bridgehead atoms. The zero-order valence-electron chi connectivity index (χ0n) is 58.5. The lowest BCUT2D eigenvalue weighted by Gasteiger charge is -2.25. The number of fused-ring (bicyclic) bond motifs is 6. The van der Waals surface area contributed by atoms with E-state index >= 15 is 0 Å². The van der Waals surface area contributed by atoms with Gasteiger partial charge in [-0.05, 0) is 189 Å².